The number of rotatable bonds is 4. The molecular weight excluding hydrogens is 402 g/mol. The fourth-order valence-corrected chi connectivity index (χ4v) is 5.70. The fraction of sp³-hybridized carbons (Fsp3) is 0.364. The zero-order valence-electron chi connectivity index (χ0n) is 17.1. The lowest BCUT2D eigenvalue weighted by Crippen LogP contribution is -2.44. The summed E-state index contributed by atoms with van der Waals surface area (Å²) in [5, 5.41) is 2.86. The van der Waals surface area contributed by atoms with Gasteiger partial charge in [0, 0.05) is 37.8 Å². The van der Waals surface area contributed by atoms with Crippen LogP contribution in [0.3, 0.4) is 0 Å². The minimum absolute atomic E-state index is 0.214. The van der Waals surface area contributed by atoms with Gasteiger partial charge in [0.1, 0.15) is 6.04 Å². The topological polar surface area (TPSA) is 86.8 Å². The van der Waals surface area contributed by atoms with Gasteiger partial charge in [-0.15, -0.1) is 0 Å². The third kappa shape index (κ3) is 3.73. The maximum Gasteiger partial charge on any atom is 0.247 e. The largest absolute Gasteiger partial charge is 0.324 e. The molecule has 0 bridgehead atoms. The van der Waals surface area contributed by atoms with Crippen LogP contribution in [-0.4, -0.2) is 43.7 Å². The first kappa shape index (κ1) is 20.6. The second-order valence-electron chi connectivity index (χ2n) is 7.87. The lowest BCUT2D eigenvalue weighted by atomic mass is 10.1. The first-order valence-electron chi connectivity index (χ1n) is 10.1. The quantitative estimate of drug-likeness (QED) is 0.813. The zero-order chi connectivity index (χ0) is 21.5. The van der Waals surface area contributed by atoms with Crippen molar-refractivity contribution in [1.29, 1.82) is 0 Å². The molecule has 8 heteroatoms. The van der Waals surface area contributed by atoms with Crippen LogP contribution in [-0.2, 0) is 26.0 Å². The molecule has 2 amide bonds. The van der Waals surface area contributed by atoms with Gasteiger partial charge in [-0.1, -0.05) is 17.7 Å². The Morgan fingerprint density at radius 1 is 1.03 bits per heavy atom. The first-order valence-corrected chi connectivity index (χ1v) is 11.5. The fourth-order valence-electron chi connectivity index (χ4n) is 4.13. The summed E-state index contributed by atoms with van der Waals surface area (Å²) in [6, 6.07) is 11.5. The molecule has 2 aromatic rings. The van der Waals surface area contributed by atoms with Gasteiger partial charge in [0.25, 0.3) is 0 Å². The first-order chi connectivity index (χ1) is 14.3. The third-order valence-electron chi connectivity index (χ3n) is 5.70. The number of aryl methyl sites for hydroxylation is 1. The van der Waals surface area contributed by atoms with E-state index < -0.39 is 16.1 Å². The molecule has 1 N–H and O–H groups in total. The summed E-state index contributed by atoms with van der Waals surface area (Å²) in [6.07, 6.45) is 2.00. The molecule has 30 heavy (non-hydrogen) atoms. The van der Waals surface area contributed by atoms with Crippen molar-refractivity contribution in [1.82, 2.24) is 4.31 Å². The van der Waals surface area contributed by atoms with Gasteiger partial charge in [-0.25, -0.2) is 8.42 Å². The van der Waals surface area contributed by atoms with Crippen LogP contribution >= 0.6 is 0 Å². The maximum atomic E-state index is 12.9. The summed E-state index contributed by atoms with van der Waals surface area (Å²) in [5.41, 5.74) is 3.02. The molecule has 0 aliphatic carbocycles. The molecule has 2 heterocycles. The van der Waals surface area contributed by atoms with E-state index in [0.717, 1.165) is 18.4 Å². The highest BCUT2D eigenvalue weighted by atomic mass is 32.2. The van der Waals surface area contributed by atoms with Crippen molar-refractivity contribution < 1.29 is 18.0 Å². The minimum atomic E-state index is -3.56. The van der Waals surface area contributed by atoms with Crippen LogP contribution in [0.5, 0.6) is 0 Å². The average Bonchev–Trinajstić information content (AvgIpc) is 3.37. The van der Waals surface area contributed by atoms with Crippen molar-refractivity contribution in [2.45, 2.75) is 44.0 Å². The van der Waals surface area contributed by atoms with Gasteiger partial charge in [-0.3, -0.25) is 14.5 Å². The molecule has 0 spiro atoms. The summed E-state index contributed by atoms with van der Waals surface area (Å²) in [6.45, 7) is 4.43. The van der Waals surface area contributed by atoms with E-state index in [2.05, 4.69) is 5.32 Å². The number of fused-ring (bicyclic) bond motifs is 1. The van der Waals surface area contributed by atoms with E-state index in [1.54, 1.807) is 12.1 Å². The van der Waals surface area contributed by atoms with Crippen molar-refractivity contribution >= 4 is 33.2 Å². The Labute approximate surface area is 176 Å². The lowest BCUT2D eigenvalue weighted by Gasteiger charge is -2.23. The molecule has 4 rings (SSSR count). The van der Waals surface area contributed by atoms with Crippen LogP contribution in [0, 0.1) is 6.92 Å². The van der Waals surface area contributed by atoms with Gasteiger partial charge in [0.2, 0.25) is 21.8 Å². The second-order valence-corrected chi connectivity index (χ2v) is 9.80. The number of carbonyl (C=O) groups excluding carboxylic acids is 2. The predicted molar refractivity (Wildman–Crippen MR) is 115 cm³/mol. The molecule has 0 unspecified atom stereocenters. The van der Waals surface area contributed by atoms with Crippen molar-refractivity contribution in [3.63, 3.8) is 0 Å². The number of nitrogens with one attached hydrogen (secondary N) is 1. The number of hydrogen-bond acceptors (Lipinski definition) is 4. The molecular formula is C22H25N3O4S. The van der Waals surface area contributed by atoms with Crippen LogP contribution in [0.15, 0.2) is 47.4 Å². The predicted octanol–water partition coefficient (Wildman–Crippen LogP) is 2.70. The number of carbonyl (C=O) groups is 2. The molecule has 0 aromatic heterocycles. The standard InChI is InChI=1S/C22H25N3O4S/c1-15-5-7-18(8-6-15)23-22(27)21-14-17-13-19(9-10-20(17)25(21)16(2)26)30(28,29)24-11-3-4-12-24/h5-10,13,21H,3-4,11-12,14H2,1-2H3,(H,23,27)/t21-/m1/s1. The number of benzene rings is 2. The highest BCUT2D eigenvalue weighted by molar-refractivity contribution is 7.89. The van der Waals surface area contributed by atoms with Gasteiger partial charge in [0.05, 0.1) is 4.90 Å². The molecule has 2 aliphatic heterocycles. The van der Waals surface area contributed by atoms with E-state index in [1.807, 2.05) is 31.2 Å². The van der Waals surface area contributed by atoms with Gasteiger partial charge < -0.3 is 5.32 Å². The van der Waals surface area contributed by atoms with E-state index in [9.17, 15) is 18.0 Å². The summed E-state index contributed by atoms with van der Waals surface area (Å²) in [4.78, 5) is 26.9. The lowest BCUT2D eigenvalue weighted by molar-refractivity contribution is -0.122. The smallest absolute Gasteiger partial charge is 0.247 e. The Hall–Kier alpha value is -2.71. The van der Waals surface area contributed by atoms with Crippen LogP contribution in [0.2, 0.25) is 0 Å². The molecule has 2 aliphatic rings. The number of amides is 2. The third-order valence-corrected chi connectivity index (χ3v) is 7.59. The van der Waals surface area contributed by atoms with Crippen LogP contribution in [0.25, 0.3) is 0 Å². The highest BCUT2D eigenvalue weighted by Crippen LogP contribution is 2.35. The minimum Gasteiger partial charge on any atom is -0.324 e. The maximum absolute atomic E-state index is 12.9. The summed E-state index contributed by atoms with van der Waals surface area (Å²) >= 11 is 0. The average molecular weight is 428 g/mol. The second kappa shape index (κ2) is 7.85. The Balaban J connectivity index is 1.61. The summed E-state index contributed by atoms with van der Waals surface area (Å²) < 4.78 is 27.3. The van der Waals surface area contributed by atoms with Crippen molar-refractivity contribution in [3.8, 4) is 0 Å². The normalized spacial score (nSPS) is 19.0. The summed E-state index contributed by atoms with van der Waals surface area (Å²) in [7, 11) is -3.56. The molecule has 1 saturated heterocycles. The van der Waals surface area contributed by atoms with E-state index in [4.69, 9.17) is 0 Å². The highest BCUT2D eigenvalue weighted by Gasteiger charge is 2.38. The number of hydrogen-bond donors (Lipinski definition) is 1. The Bertz CT molecular complexity index is 1090. The SMILES string of the molecule is CC(=O)N1c2ccc(S(=O)(=O)N3CCCC3)cc2C[C@@H]1C(=O)Nc1ccc(C)cc1. The van der Waals surface area contributed by atoms with Crippen molar-refractivity contribution in [3.05, 3.63) is 53.6 Å². The Morgan fingerprint density at radius 2 is 1.70 bits per heavy atom. The number of sulfonamides is 1. The van der Waals surface area contributed by atoms with E-state index in [-0.39, 0.29) is 23.1 Å². The van der Waals surface area contributed by atoms with Crippen molar-refractivity contribution in [2.24, 2.45) is 0 Å². The Kier molecular flexibility index (Phi) is 5.38. The summed E-state index contributed by atoms with van der Waals surface area (Å²) in [5.74, 6) is -0.554. The molecule has 1 atom stereocenters. The van der Waals surface area contributed by atoms with Crippen LogP contribution < -0.4 is 10.2 Å². The molecule has 158 valence electrons. The van der Waals surface area contributed by atoms with Gasteiger partial charge in [0.15, 0.2) is 0 Å². The molecule has 0 saturated carbocycles. The van der Waals surface area contributed by atoms with Gasteiger partial charge in [-0.2, -0.15) is 4.31 Å². The van der Waals surface area contributed by atoms with Crippen LogP contribution in [0.4, 0.5) is 11.4 Å². The zero-order valence-corrected chi connectivity index (χ0v) is 17.9. The van der Waals surface area contributed by atoms with Gasteiger partial charge in [-0.05, 0) is 55.7 Å². The monoisotopic (exact) mass is 427 g/mol. The van der Waals surface area contributed by atoms with E-state index in [1.165, 1.54) is 22.2 Å². The van der Waals surface area contributed by atoms with Gasteiger partial charge >= 0.3 is 0 Å². The van der Waals surface area contributed by atoms with Crippen molar-refractivity contribution in [2.75, 3.05) is 23.3 Å². The van der Waals surface area contributed by atoms with E-state index in [0.29, 0.717) is 30.0 Å². The van der Waals surface area contributed by atoms with E-state index >= 15 is 0 Å². The molecule has 1 fully saturated rings. The molecule has 0 radical (unpaired) electrons. The number of anilines is 2. The Morgan fingerprint density at radius 3 is 2.33 bits per heavy atom. The molecule has 2 aromatic carbocycles. The van der Waals surface area contributed by atoms with Crippen LogP contribution in [0.1, 0.15) is 30.9 Å². The molecule has 7 nitrogen and oxygen atoms in total. The number of nitrogens with zero attached hydrogens (tertiary/aromatic N) is 2.